The summed E-state index contributed by atoms with van der Waals surface area (Å²) in [5.41, 5.74) is 9.96. The molecule has 0 radical (unpaired) electrons. The Morgan fingerprint density at radius 2 is 1.87 bits per heavy atom. The lowest BCUT2D eigenvalue weighted by Gasteiger charge is -2.23. The number of amides is 3. The van der Waals surface area contributed by atoms with E-state index in [0.717, 1.165) is 12.8 Å². The smallest absolute Gasteiger partial charge is 0.312 e. The van der Waals surface area contributed by atoms with Gasteiger partial charge in [-0.15, -0.1) is 0 Å². The van der Waals surface area contributed by atoms with Gasteiger partial charge in [-0.25, -0.2) is 4.79 Å². The molecule has 1 rings (SSSR count). The minimum atomic E-state index is -0.785. The fourth-order valence-corrected chi connectivity index (χ4v) is 1.42. The molecule has 15 heavy (non-hydrogen) atoms. The standard InChI is InChI=1S/C9H18N4O2/c1-9(11,6-2-3-6)7(14)12-4-5-13-8(10)15/h6H,2-5,11H2,1H3,(H,12,14)(H3,10,13,15). The summed E-state index contributed by atoms with van der Waals surface area (Å²) in [4.78, 5) is 21.9. The Hall–Kier alpha value is -1.30. The predicted octanol–water partition coefficient (Wildman–Crippen LogP) is -1.10. The van der Waals surface area contributed by atoms with E-state index in [1.165, 1.54) is 0 Å². The largest absolute Gasteiger partial charge is 0.353 e. The average molecular weight is 214 g/mol. The minimum absolute atomic E-state index is 0.170. The SMILES string of the molecule is CC(N)(C(=O)NCCNC(N)=O)C1CC1. The lowest BCUT2D eigenvalue weighted by atomic mass is 9.96. The summed E-state index contributed by atoms with van der Waals surface area (Å²) in [5.74, 6) is 0.123. The molecule has 86 valence electrons. The van der Waals surface area contributed by atoms with Gasteiger partial charge in [0.05, 0.1) is 5.54 Å². The number of carbonyl (C=O) groups excluding carboxylic acids is 2. The number of hydrogen-bond acceptors (Lipinski definition) is 3. The summed E-state index contributed by atoms with van der Waals surface area (Å²) in [6, 6.07) is -0.595. The van der Waals surface area contributed by atoms with E-state index in [1.54, 1.807) is 6.92 Å². The number of urea groups is 1. The fourth-order valence-electron chi connectivity index (χ4n) is 1.42. The molecule has 6 N–H and O–H groups in total. The molecule has 0 aromatic carbocycles. The van der Waals surface area contributed by atoms with Crippen LogP contribution in [-0.4, -0.2) is 30.6 Å². The highest BCUT2D eigenvalue weighted by Crippen LogP contribution is 2.37. The van der Waals surface area contributed by atoms with Gasteiger partial charge in [-0.2, -0.15) is 0 Å². The summed E-state index contributed by atoms with van der Waals surface area (Å²) in [7, 11) is 0. The summed E-state index contributed by atoms with van der Waals surface area (Å²) in [6.07, 6.45) is 2.03. The number of primary amides is 1. The first-order chi connectivity index (χ1) is 6.94. The minimum Gasteiger partial charge on any atom is -0.353 e. The lowest BCUT2D eigenvalue weighted by molar-refractivity contribution is -0.126. The van der Waals surface area contributed by atoms with Crippen LogP contribution >= 0.6 is 0 Å². The predicted molar refractivity (Wildman–Crippen MR) is 55.9 cm³/mol. The number of rotatable bonds is 5. The molecule has 0 aliphatic heterocycles. The van der Waals surface area contributed by atoms with Gasteiger partial charge in [-0.1, -0.05) is 0 Å². The summed E-state index contributed by atoms with van der Waals surface area (Å²) < 4.78 is 0. The van der Waals surface area contributed by atoms with E-state index in [0.29, 0.717) is 19.0 Å². The van der Waals surface area contributed by atoms with Crippen LogP contribution < -0.4 is 22.1 Å². The Morgan fingerprint density at radius 3 is 2.33 bits per heavy atom. The first-order valence-corrected chi connectivity index (χ1v) is 5.05. The van der Waals surface area contributed by atoms with Crippen LogP contribution in [0.25, 0.3) is 0 Å². The summed E-state index contributed by atoms with van der Waals surface area (Å²) >= 11 is 0. The molecule has 0 heterocycles. The van der Waals surface area contributed by atoms with Gasteiger partial charge in [0.15, 0.2) is 0 Å². The highest BCUT2D eigenvalue weighted by molar-refractivity contribution is 5.86. The number of carbonyl (C=O) groups is 2. The third-order valence-corrected chi connectivity index (χ3v) is 2.62. The number of nitrogens with one attached hydrogen (secondary N) is 2. The lowest BCUT2D eigenvalue weighted by Crippen LogP contribution is -2.54. The van der Waals surface area contributed by atoms with Crippen molar-refractivity contribution >= 4 is 11.9 Å². The van der Waals surface area contributed by atoms with Crippen molar-refractivity contribution < 1.29 is 9.59 Å². The van der Waals surface area contributed by atoms with Gasteiger partial charge >= 0.3 is 6.03 Å². The molecule has 6 nitrogen and oxygen atoms in total. The van der Waals surface area contributed by atoms with E-state index in [1.807, 2.05) is 0 Å². The molecule has 3 amide bonds. The Labute approximate surface area is 88.8 Å². The highest BCUT2D eigenvalue weighted by atomic mass is 16.2. The molecule has 0 aromatic rings. The number of hydrogen-bond donors (Lipinski definition) is 4. The van der Waals surface area contributed by atoms with E-state index in [9.17, 15) is 9.59 Å². The molecule has 1 aliphatic rings. The van der Waals surface area contributed by atoms with Crippen LogP contribution in [0.15, 0.2) is 0 Å². The van der Waals surface area contributed by atoms with Crippen LogP contribution in [0.3, 0.4) is 0 Å². The molecule has 0 spiro atoms. The molecule has 1 atom stereocenters. The van der Waals surface area contributed by atoms with Crippen molar-refractivity contribution in [1.82, 2.24) is 10.6 Å². The highest BCUT2D eigenvalue weighted by Gasteiger charge is 2.43. The van der Waals surface area contributed by atoms with Crippen LogP contribution in [0, 0.1) is 5.92 Å². The Morgan fingerprint density at radius 1 is 1.33 bits per heavy atom. The van der Waals surface area contributed by atoms with Gasteiger partial charge in [0.1, 0.15) is 0 Å². The van der Waals surface area contributed by atoms with Gasteiger partial charge in [-0.05, 0) is 25.7 Å². The average Bonchev–Trinajstić information content (AvgIpc) is 2.94. The van der Waals surface area contributed by atoms with Crippen LogP contribution in [0.5, 0.6) is 0 Å². The monoisotopic (exact) mass is 214 g/mol. The van der Waals surface area contributed by atoms with Crippen molar-refractivity contribution in [2.45, 2.75) is 25.3 Å². The van der Waals surface area contributed by atoms with Crippen molar-refractivity contribution in [1.29, 1.82) is 0 Å². The molecule has 1 aliphatic carbocycles. The summed E-state index contributed by atoms with van der Waals surface area (Å²) in [5, 5.41) is 5.05. The zero-order valence-corrected chi connectivity index (χ0v) is 8.88. The van der Waals surface area contributed by atoms with Crippen molar-refractivity contribution in [2.75, 3.05) is 13.1 Å². The second-order valence-corrected chi connectivity index (χ2v) is 4.10. The zero-order chi connectivity index (χ0) is 11.5. The summed E-state index contributed by atoms with van der Waals surface area (Å²) in [6.45, 7) is 2.41. The molecule has 1 saturated carbocycles. The Bertz CT molecular complexity index is 261. The van der Waals surface area contributed by atoms with Crippen LogP contribution in [0.2, 0.25) is 0 Å². The molecule has 0 bridgehead atoms. The van der Waals surface area contributed by atoms with Gasteiger partial charge in [-0.3, -0.25) is 4.79 Å². The Balaban J connectivity index is 2.20. The van der Waals surface area contributed by atoms with Crippen molar-refractivity contribution in [2.24, 2.45) is 17.4 Å². The Kier molecular flexibility index (Phi) is 3.52. The van der Waals surface area contributed by atoms with E-state index in [4.69, 9.17) is 11.5 Å². The van der Waals surface area contributed by atoms with Crippen LogP contribution in [0.4, 0.5) is 4.79 Å². The van der Waals surface area contributed by atoms with E-state index < -0.39 is 11.6 Å². The quantitative estimate of drug-likeness (QED) is 0.436. The van der Waals surface area contributed by atoms with E-state index in [-0.39, 0.29) is 5.91 Å². The zero-order valence-electron chi connectivity index (χ0n) is 8.88. The van der Waals surface area contributed by atoms with Crippen LogP contribution in [0.1, 0.15) is 19.8 Å². The normalized spacial score (nSPS) is 19.1. The molecule has 0 saturated heterocycles. The molecule has 0 aromatic heterocycles. The molecule has 6 heteroatoms. The van der Waals surface area contributed by atoms with Crippen LogP contribution in [-0.2, 0) is 4.79 Å². The van der Waals surface area contributed by atoms with Crippen molar-refractivity contribution in [3.05, 3.63) is 0 Å². The van der Waals surface area contributed by atoms with Gasteiger partial charge in [0.25, 0.3) is 0 Å². The number of nitrogens with two attached hydrogens (primary N) is 2. The maximum absolute atomic E-state index is 11.6. The second-order valence-electron chi connectivity index (χ2n) is 4.10. The topological polar surface area (TPSA) is 110 Å². The first-order valence-electron chi connectivity index (χ1n) is 5.05. The molecular weight excluding hydrogens is 196 g/mol. The third-order valence-electron chi connectivity index (χ3n) is 2.62. The van der Waals surface area contributed by atoms with E-state index >= 15 is 0 Å². The van der Waals surface area contributed by atoms with Gasteiger partial charge in [0.2, 0.25) is 5.91 Å². The van der Waals surface area contributed by atoms with Gasteiger partial charge in [0, 0.05) is 13.1 Å². The van der Waals surface area contributed by atoms with Crippen molar-refractivity contribution in [3.8, 4) is 0 Å². The molecule has 1 fully saturated rings. The second kappa shape index (κ2) is 4.48. The fraction of sp³-hybridized carbons (Fsp3) is 0.778. The van der Waals surface area contributed by atoms with Crippen molar-refractivity contribution in [3.63, 3.8) is 0 Å². The maximum atomic E-state index is 11.6. The molecular formula is C9H18N4O2. The maximum Gasteiger partial charge on any atom is 0.312 e. The van der Waals surface area contributed by atoms with E-state index in [2.05, 4.69) is 10.6 Å². The molecule has 1 unspecified atom stereocenters. The third kappa shape index (κ3) is 3.39. The first kappa shape index (κ1) is 11.8. The van der Waals surface area contributed by atoms with Gasteiger partial charge < -0.3 is 22.1 Å².